The number of rotatable bonds is 8. The molecule has 0 aliphatic heterocycles. The Labute approximate surface area is 189 Å². The first-order valence-corrected chi connectivity index (χ1v) is 10.7. The van der Waals surface area contributed by atoms with E-state index in [1.54, 1.807) is 25.7 Å². The molecule has 4 aromatic rings. The third kappa shape index (κ3) is 5.19. The summed E-state index contributed by atoms with van der Waals surface area (Å²) < 4.78 is 7.05. The number of hydrogen-bond donors (Lipinski definition) is 1. The number of nitrogens with zero attached hydrogens (tertiary/aromatic N) is 5. The average molecular weight is 445 g/mol. The van der Waals surface area contributed by atoms with Crippen molar-refractivity contribution in [2.75, 3.05) is 12.9 Å². The molecule has 0 saturated carbocycles. The number of hydrogen-bond acceptors (Lipinski definition) is 7. The van der Waals surface area contributed by atoms with Crippen molar-refractivity contribution in [3.8, 4) is 22.8 Å². The van der Waals surface area contributed by atoms with Gasteiger partial charge in [0.05, 0.1) is 19.1 Å². The molecule has 32 heavy (non-hydrogen) atoms. The smallest absolute Gasteiger partial charge is 0.250 e. The highest BCUT2D eigenvalue weighted by atomic mass is 32.2. The first kappa shape index (κ1) is 21.3. The van der Waals surface area contributed by atoms with Crippen LogP contribution in [-0.4, -0.2) is 44.7 Å². The quantitative estimate of drug-likeness (QED) is 0.254. The maximum absolute atomic E-state index is 12.3. The van der Waals surface area contributed by atoms with Crippen LogP contribution in [0.3, 0.4) is 0 Å². The van der Waals surface area contributed by atoms with Crippen LogP contribution >= 0.6 is 11.8 Å². The van der Waals surface area contributed by atoms with Crippen LogP contribution in [0.15, 0.2) is 89.4 Å². The van der Waals surface area contributed by atoms with Gasteiger partial charge in [-0.2, -0.15) is 5.10 Å². The standard InChI is InChI=1S/C23H20N6O2S/c1-31-20-9-7-17(8-10-20)15-25-26-21(30)16-32-23-28-27-22(18-11-13-24-14-12-18)29(23)19-5-3-2-4-6-19/h2-15H,16H2,1H3,(H,26,30)/b25-15+. The largest absolute Gasteiger partial charge is 0.497 e. The average Bonchev–Trinajstić information content (AvgIpc) is 3.28. The van der Waals surface area contributed by atoms with Crippen LogP contribution in [0.4, 0.5) is 0 Å². The molecule has 9 heteroatoms. The lowest BCUT2D eigenvalue weighted by molar-refractivity contribution is -0.118. The van der Waals surface area contributed by atoms with Crippen LogP contribution in [0.25, 0.3) is 17.1 Å². The van der Waals surface area contributed by atoms with Gasteiger partial charge in [0.15, 0.2) is 11.0 Å². The number of thioether (sulfide) groups is 1. The summed E-state index contributed by atoms with van der Waals surface area (Å²) >= 11 is 1.29. The Morgan fingerprint density at radius 3 is 2.53 bits per heavy atom. The molecule has 0 saturated heterocycles. The minimum Gasteiger partial charge on any atom is -0.497 e. The second kappa shape index (κ2) is 10.4. The molecule has 2 heterocycles. The number of carbonyl (C=O) groups excluding carboxylic acids is 1. The lowest BCUT2D eigenvalue weighted by Gasteiger charge is -2.10. The zero-order valence-corrected chi connectivity index (χ0v) is 18.1. The van der Waals surface area contributed by atoms with E-state index in [-0.39, 0.29) is 11.7 Å². The van der Waals surface area contributed by atoms with Crippen LogP contribution in [0.5, 0.6) is 5.75 Å². The number of nitrogens with one attached hydrogen (secondary N) is 1. The molecule has 1 amide bonds. The lowest BCUT2D eigenvalue weighted by atomic mass is 10.2. The van der Waals surface area contributed by atoms with Crippen molar-refractivity contribution in [3.05, 3.63) is 84.7 Å². The van der Waals surface area contributed by atoms with E-state index in [0.717, 1.165) is 22.6 Å². The number of pyridine rings is 1. The van der Waals surface area contributed by atoms with E-state index in [2.05, 4.69) is 25.7 Å². The van der Waals surface area contributed by atoms with E-state index in [4.69, 9.17) is 4.74 Å². The van der Waals surface area contributed by atoms with Gasteiger partial charge in [-0.05, 0) is 54.1 Å². The number of methoxy groups -OCH3 is 1. The summed E-state index contributed by atoms with van der Waals surface area (Å²) in [5.74, 6) is 1.34. The van der Waals surface area contributed by atoms with Crippen molar-refractivity contribution in [1.29, 1.82) is 0 Å². The molecule has 0 bridgehead atoms. The third-order valence-electron chi connectivity index (χ3n) is 4.44. The third-order valence-corrected chi connectivity index (χ3v) is 5.37. The fraction of sp³-hybridized carbons (Fsp3) is 0.0870. The summed E-state index contributed by atoms with van der Waals surface area (Å²) in [7, 11) is 1.61. The molecule has 8 nitrogen and oxygen atoms in total. The molecule has 0 aliphatic carbocycles. The molecule has 2 aromatic carbocycles. The summed E-state index contributed by atoms with van der Waals surface area (Å²) in [4.78, 5) is 16.4. The minimum atomic E-state index is -0.243. The Morgan fingerprint density at radius 1 is 1.06 bits per heavy atom. The molecule has 0 radical (unpaired) electrons. The predicted octanol–water partition coefficient (Wildman–Crippen LogP) is 3.58. The van der Waals surface area contributed by atoms with Crippen LogP contribution in [0.2, 0.25) is 0 Å². The normalized spacial score (nSPS) is 10.9. The van der Waals surface area contributed by atoms with E-state index < -0.39 is 0 Å². The Balaban J connectivity index is 1.45. The number of benzene rings is 2. The van der Waals surface area contributed by atoms with Crippen molar-refractivity contribution in [1.82, 2.24) is 25.2 Å². The molecule has 1 N–H and O–H groups in total. The lowest BCUT2D eigenvalue weighted by Crippen LogP contribution is -2.20. The van der Waals surface area contributed by atoms with Gasteiger partial charge in [-0.25, -0.2) is 5.43 Å². The zero-order chi connectivity index (χ0) is 22.2. The van der Waals surface area contributed by atoms with Gasteiger partial charge in [-0.15, -0.1) is 10.2 Å². The van der Waals surface area contributed by atoms with Gasteiger partial charge in [0.25, 0.3) is 5.91 Å². The van der Waals surface area contributed by atoms with Crippen molar-refractivity contribution in [2.24, 2.45) is 5.10 Å². The van der Waals surface area contributed by atoms with E-state index >= 15 is 0 Å². The fourth-order valence-electron chi connectivity index (χ4n) is 2.89. The number of para-hydroxylation sites is 1. The number of ether oxygens (including phenoxy) is 1. The number of amides is 1. The van der Waals surface area contributed by atoms with Gasteiger partial charge >= 0.3 is 0 Å². The molecule has 0 aliphatic rings. The van der Waals surface area contributed by atoms with E-state index in [0.29, 0.717) is 11.0 Å². The molecule has 4 rings (SSSR count). The number of hydrazone groups is 1. The van der Waals surface area contributed by atoms with E-state index in [1.807, 2.05) is 71.3 Å². The van der Waals surface area contributed by atoms with Crippen molar-refractivity contribution < 1.29 is 9.53 Å². The van der Waals surface area contributed by atoms with Gasteiger partial charge in [0.2, 0.25) is 0 Å². The van der Waals surface area contributed by atoms with Gasteiger partial charge in [0, 0.05) is 23.6 Å². The Hall–Kier alpha value is -3.98. The maximum atomic E-state index is 12.3. The second-order valence-electron chi connectivity index (χ2n) is 6.57. The Bertz CT molecular complexity index is 1190. The molecule has 0 fully saturated rings. The first-order valence-electron chi connectivity index (χ1n) is 9.74. The van der Waals surface area contributed by atoms with Gasteiger partial charge in [0.1, 0.15) is 5.75 Å². The second-order valence-corrected chi connectivity index (χ2v) is 7.51. The fourth-order valence-corrected chi connectivity index (χ4v) is 3.64. The first-order chi connectivity index (χ1) is 15.7. The molecule has 0 unspecified atom stereocenters. The summed E-state index contributed by atoms with van der Waals surface area (Å²) in [6.07, 6.45) is 5.00. The zero-order valence-electron chi connectivity index (χ0n) is 17.3. The van der Waals surface area contributed by atoms with Crippen LogP contribution in [0, 0.1) is 0 Å². The van der Waals surface area contributed by atoms with Gasteiger partial charge in [-0.1, -0.05) is 30.0 Å². The topological polar surface area (TPSA) is 94.3 Å². The Kier molecular flexibility index (Phi) is 6.88. The van der Waals surface area contributed by atoms with Gasteiger partial charge < -0.3 is 4.74 Å². The van der Waals surface area contributed by atoms with E-state index in [1.165, 1.54) is 11.8 Å². The highest BCUT2D eigenvalue weighted by molar-refractivity contribution is 7.99. The monoisotopic (exact) mass is 444 g/mol. The molecule has 160 valence electrons. The molecular formula is C23H20N6O2S. The van der Waals surface area contributed by atoms with Crippen LogP contribution < -0.4 is 10.2 Å². The van der Waals surface area contributed by atoms with Crippen molar-refractivity contribution in [3.63, 3.8) is 0 Å². The van der Waals surface area contributed by atoms with Crippen LogP contribution in [-0.2, 0) is 4.79 Å². The number of aromatic nitrogens is 4. The van der Waals surface area contributed by atoms with Crippen molar-refractivity contribution in [2.45, 2.75) is 5.16 Å². The summed E-state index contributed by atoms with van der Waals surface area (Å²) in [5.41, 5.74) is 5.18. The summed E-state index contributed by atoms with van der Waals surface area (Å²) in [6, 6.07) is 20.9. The summed E-state index contributed by atoms with van der Waals surface area (Å²) in [6.45, 7) is 0. The minimum absolute atomic E-state index is 0.140. The SMILES string of the molecule is COc1ccc(/C=N/NC(=O)CSc2nnc(-c3ccncc3)n2-c2ccccc2)cc1. The predicted molar refractivity (Wildman–Crippen MR) is 124 cm³/mol. The Morgan fingerprint density at radius 2 is 1.81 bits per heavy atom. The molecule has 2 aromatic heterocycles. The molecular weight excluding hydrogens is 424 g/mol. The summed E-state index contributed by atoms with van der Waals surface area (Å²) in [5, 5.41) is 13.3. The van der Waals surface area contributed by atoms with Crippen LogP contribution in [0.1, 0.15) is 5.56 Å². The molecule has 0 spiro atoms. The highest BCUT2D eigenvalue weighted by Gasteiger charge is 2.17. The van der Waals surface area contributed by atoms with Crippen molar-refractivity contribution >= 4 is 23.9 Å². The van der Waals surface area contributed by atoms with E-state index in [9.17, 15) is 4.79 Å². The molecule has 0 atom stereocenters. The maximum Gasteiger partial charge on any atom is 0.250 e. The van der Waals surface area contributed by atoms with Gasteiger partial charge in [-0.3, -0.25) is 14.3 Å². The number of carbonyl (C=O) groups is 1. The highest BCUT2D eigenvalue weighted by Crippen LogP contribution is 2.27.